The van der Waals surface area contributed by atoms with Gasteiger partial charge >= 0.3 is 0 Å². The van der Waals surface area contributed by atoms with Crippen LogP contribution in [0.4, 0.5) is 5.69 Å². The largest absolute Gasteiger partial charge is 0.377 e. The fraction of sp³-hybridized carbons (Fsp3) is 0.0909. The van der Waals surface area contributed by atoms with Gasteiger partial charge in [0.05, 0.1) is 9.79 Å². The van der Waals surface area contributed by atoms with Crippen LogP contribution >= 0.6 is 0 Å². The Morgan fingerprint density at radius 1 is 0.581 bits per heavy atom. The summed E-state index contributed by atoms with van der Waals surface area (Å²) in [5.74, 6) is 0. The number of hydrogen-bond acceptors (Lipinski definition) is 5. The molecule has 162 valence electrons. The van der Waals surface area contributed by atoms with Crippen molar-refractivity contribution in [2.75, 3.05) is 19.0 Å². The van der Waals surface area contributed by atoms with Crippen LogP contribution in [0.1, 0.15) is 0 Å². The van der Waals surface area contributed by atoms with E-state index in [0.29, 0.717) is 10.8 Å². The van der Waals surface area contributed by atoms with Gasteiger partial charge in [0.25, 0.3) is 0 Å². The third-order valence-electron chi connectivity index (χ3n) is 4.70. The Balaban J connectivity index is 0.000000179. The molecule has 0 saturated carbocycles. The van der Waals surface area contributed by atoms with Crippen molar-refractivity contribution in [3.63, 3.8) is 0 Å². The maximum absolute atomic E-state index is 11.5. The number of primary sulfonamides is 2. The van der Waals surface area contributed by atoms with E-state index in [1.807, 2.05) is 55.4 Å². The van der Waals surface area contributed by atoms with Crippen LogP contribution in [0, 0.1) is 0 Å². The van der Waals surface area contributed by atoms with Crippen molar-refractivity contribution in [3.8, 4) is 0 Å². The normalized spacial score (nSPS) is 11.7. The summed E-state index contributed by atoms with van der Waals surface area (Å²) in [5, 5.41) is 13.4. The van der Waals surface area contributed by atoms with Gasteiger partial charge in [-0.25, -0.2) is 27.1 Å². The van der Waals surface area contributed by atoms with E-state index >= 15 is 0 Å². The summed E-state index contributed by atoms with van der Waals surface area (Å²) in [7, 11) is -3.49. The molecule has 0 heterocycles. The average molecular weight is 458 g/mol. The van der Waals surface area contributed by atoms with E-state index in [2.05, 4.69) is 0 Å². The van der Waals surface area contributed by atoms with E-state index in [4.69, 9.17) is 10.3 Å². The molecule has 31 heavy (non-hydrogen) atoms. The van der Waals surface area contributed by atoms with Crippen molar-refractivity contribution in [1.29, 1.82) is 0 Å². The first-order chi connectivity index (χ1) is 14.5. The zero-order chi connectivity index (χ0) is 22.8. The first-order valence-electron chi connectivity index (χ1n) is 9.22. The summed E-state index contributed by atoms with van der Waals surface area (Å²) >= 11 is 0. The lowest BCUT2D eigenvalue weighted by atomic mass is 10.1. The molecule has 0 saturated heterocycles. The highest BCUT2D eigenvalue weighted by Gasteiger charge is 2.14. The van der Waals surface area contributed by atoms with Gasteiger partial charge in [-0.1, -0.05) is 60.7 Å². The molecule has 4 N–H and O–H groups in total. The highest BCUT2D eigenvalue weighted by Crippen LogP contribution is 2.29. The Labute approximate surface area is 182 Å². The second kappa shape index (κ2) is 8.64. The predicted molar refractivity (Wildman–Crippen MR) is 125 cm³/mol. The molecule has 0 amide bonds. The third-order valence-corrected chi connectivity index (χ3v) is 6.64. The van der Waals surface area contributed by atoms with Crippen LogP contribution < -0.4 is 15.2 Å². The fourth-order valence-electron chi connectivity index (χ4n) is 3.35. The van der Waals surface area contributed by atoms with Crippen LogP contribution in [0.25, 0.3) is 21.5 Å². The molecule has 0 fully saturated rings. The maximum Gasteiger partial charge on any atom is 0.238 e. The summed E-state index contributed by atoms with van der Waals surface area (Å²) in [5.41, 5.74) is 0.966. The summed E-state index contributed by atoms with van der Waals surface area (Å²) in [6, 6.07) is 22.9. The number of anilines is 1. The van der Waals surface area contributed by atoms with E-state index in [0.717, 1.165) is 16.5 Å². The molecule has 0 aliphatic carbocycles. The predicted octanol–water partition coefficient (Wildman–Crippen LogP) is 3.04. The number of nitrogens with zero attached hydrogens (tertiary/aromatic N) is 1. The molecule has 0 atom stereocenters. The zero-order valence-corrected chi connectivity index (χ0v) is 18.7. The number of sulfonamides is 2. The van der Waals surface area contributed by atoms with Crippen LogP contribution in [0.2, 0.25) is 0 Å². The van der Waals surface area contributed by atoms with Gasteiger partial charge < -0.3 is 4.90 Å². The van der Waals surface area contributed by atoms with Crippen molar-refractivity contribution >= 4 is 47.3 Å². The molecule has 9 heteroatoms. The number of fused-ring (bicyclic) bond motifs is 2. The first kappa shape index (κ1) is 22.7. The quantitative estimate of drug-likeness (QED) is 0.489. The first-order valence-corrected chi connectivity index (χ1v) is 12.3. The van der Waals surface area contributed by atoms with Crippen molar-refractivity contribution in [1.82, 2.24) is 0 Å². The minimum Gasteiger partial charge on any atom is -0.377 e. The molecular formula is C22H23N3O4S2. The summed E-state index contributed by atoms with van der Waals surface area (Å²) < 4.78 is 45.4. The SMILES string of the molecule is CN(C)c1cccc2c(S(N)(=O)=O)cccc12.NS(=O)(=O)c1cccc2ccccc12. The standard InChI is InChI=1S/C12H14N2O2S.C10H9NO2S/c1-14(2)11-7-3-6-10-9(11)5-4-8-12(10)17(13,15)16;11-14(12,13)10-7-3-5-8-4-1-2-6-9(8)10/h3-8H,1-2H3,(H2,13,15,16);1-7H,(H2,11,12,13). The van der Waals surface area contributed by atoms with Gasteiger partial charge in [-0.05, 0) is 23.6 Å². The van der Waals surface area contributed by atoms with Crippen LogP contribution in [0.15, 0.2) is 88.7 Å². The van der Waals surface area contributed by atoms with Gasteiger partial charge in [0.15, 0.2) is 0 Å². The average Bonchev–Trinajstić information content (AvgIpc) is 2.71. The number of nitrogens with two attached hydrogens (primary N) is 2. The molecule has 0 aromatic heterocycles. The lowest BCUT2D eigenvalue weighted by molar-refractivity contribution is 0.597. The Kier molecular flexibility index (Phi) is 6.33. The topological polar surface area (TPSA) is 124 Å². The van der Waals surface area contributed by atoms with Crippen LogP contribution in [-0.2, 0) is 20.0 Å². The minimum atomic E-state index is -3.69. The van der Waals surface area contributed by atoms with Crippen molar-refractivity contribution < 1.29 is 16.8 Å². The van der Waals surface area contributed by atoms with Crippen LogP contribution in [0.3, 0.4) is 0 Å². The fourth-order valence-corrected chi connectivity index (χ4v) is 4.86. The molecular weight excluding hydrogens is 434 g/mol. The zero-order valence-electron chi connectivity index (χ0n) is 17.1. The summed E-state index contributed by atoms with van der Waals surface area (Å²) in [6.07, 6.45) is 0. The molecule has 0 aliphatic rings. The Bertz CT molecular complexity index is 1460. The molecule has 0 spiro atoms. The van der Waals surface area contributed by atoms with E-state index in [1.54, 1.807) is 30.3 Å². The van der Waals surface area contributed by atoms with Gasteiger partial charge in [-0.2, -0.15) is 0 Å². The molecule has 7 nitrogen and oxygen atoms in total. The Morgan fingerprint density at radius 3 is 1.65 bits per heavy atom. The van der Waals surface area contributed by atoms with Crippen molar-refractivity contribution in [2.24, 2.45) is 10.3 Å². The molecule has 4 rings (SSSR count). The Morgan fingerprint density at radius 2 is 1.03 bits per heavy atom. The number of hydrogen-bond donors (Lipinski definition) is 2. The van der Waals surface area contributed by atoms with E-state index in [1.165, 1.54) is 12.1 Å². The molecule has 4 aromatic carbocycles. The van der Waals surface area contributed by atoms with Gasteiger partial charge in [-0.3, -0.25) is 0 Å². The van der Waals surface area contributed by atoms with Gasteiger partial charge in [0.2, 0.25) is 20.0 Å². The third kappa shape index (κ3) is 5.02. The summed E-state index contributed by atoms with van der Waals surface area (Å²) in [6.45, 7) is 0. The molecule has 0 radical (unpaired) electrons. The number of benzene rings is 4. The minimum absolute atomic E-state index is 0.165. The van der Waals surface area contributed by atoms with E-state index in [-0.39, 0.29) is 9.79 Å². The van der Waals surface area contributed by atoms with Gasteiger partial charge in [-0.15, -0.1) is 0 Å². The second-order valence-corrected chi connectivity index (χ2v) is 10.1. The highest BCUT2D eigenvalue weighted by molar-refractivity contribution is 7.89. The summed E-state index contributed by atoms with van der Waals surface area (Å²) in [4.78, 5) is 2.28. The smallest absolute Gasteiger partial charge is 0.238 e. The van der Waals surface area contributed by atoms with Gasteiger partial charge in [0, 0.05) is 35.9 Å². The van der Waals surface area contributed by atoms with Crippen LogP contribution in [0.5, 0.6) is 0 Å². The monoisotopic (exact) mass is 457 g/mol. The van der Waals surface area contributed by atoms with E-state index < -0.39 is 20.0 Å². The maximum atomic E-state index is 11.5. The second-order valence-electron chi connectivity index (χ2n) is 7.09. The lowest BCUT2D eigenvalue weighted by Crippen LogP contribution is -2.13. The van der Waals surface area contributed by atoms with Gasteiger partial charge in [0.1, 0.15) is 0 Å². The number of rotatable bonds is 3. The highest BCUT2D eigenvalue weighted by atomic mass is 32.2. The van der Waals surface area contributed by atoms with Crippen LogP contribution in [-0.4, -0.2) is 30.9 Å². The van der Waals surface area contributed by atoms with Crippen molar-refractivity contribution in [2.45, 2.75) is 9.79 Å². The molecule has 4 aromatic rings. The molecule has 0 bridgehead atoms. The lowest BCUT2D eigenvalue weighted by Gasteiger charge is -2.16. The van der Waals surface area contributed by atoms with Crippen molar-refractivity contribution in [3.05, 3.63) is 78.9 Å². The Hall–Kier alpha value is -2.98. The molecule has 0 unspecified atom stereocenters. The van der Waals surface area contributed by atoms with E-state index in [9.17, 15) is 16.8 Å². The molecule has 0 aliphatic heterocycles.